The molecule has 1 radical (unpaired) electrons. The Balaban J connectivity index is 2.10. The molecule has 2 rings (SSSR count). The molecule has 0 spiro atoms. The molecule has 69 valence electrons. The molecule has 0 unspecified atom stereocenters. The monoisotopic (exact) mass is 177 g/mol. The minimum Gasteiger partial charge on any atom is -0.338 e. The van der Waals surface area contributed by atoms with Gasteiger partial charge in [0.15, 0.2) is 0 Å². The molecule has 4 heteroatoms. The van der Waals surface area contributed by atoms with Crippen molar-refractivity contribution in [1.29, 1.82) is 0 Å². The number of nitrogens with zero attached hydrogens (tertiary/aromatic N) is 3. The van der Waals surface area contributed by atoms with Crippen LogP contribution in [0.2, 0.25) is 0 Å². The number of aromatic nitrogens is 2. The Kier molecular flexibility index (Phi) is 2.40. The average molecular weight is 177 g/mol. The molecule has 0 aliphatic carbocycles. The lowest BCUT2D eigenvalue weighted by Gasteiger charge is -2.26. The van der Waals surface area contributed by atoms with Crippen molar-refractivity contribution >= 4 is 5.95 Å². The summed E-state index contributed by atoms with van der Waals surface area (Å²) in [6.07, 6.45) is 3.70. The van der Waals surface area contributed by atoms with E-state index in [0.717, 1.165) is 31.1 Å². The molecule has 1 fully saturated rings. The van der Waals surface area contributed by atoms with Gasteiger partial charge in [0, 0.05) is 38.6 Å². The van der Waals surface area contributed by atoms with Crippen LogP contribution in [0.1, 0.15) is 5.56 Å². The molecule has 1 aliphatic heterocycles. The van der Waals surface area contributed by atoms with Gasteiger partial charge < -0.3 is 10.2 Å². The molecule has 0 aromatic carbocycles. The van der Waals surface area contributed by atoms with Crippen LogP contribution in [0.3, 0.4) is 0 Å². The second-order valence-electron chi connectivity index (χ2n) is 3.16. The van der Waals surface area contributed by atoms with E-state index in [4.69, 9.17) is 0 Å². The summed E-state index contributed by atoms with van der Waals surface area (Å²) in [5.74, 6) is 0.823. The van der Waals surface area contributed by atoms with E-state index in [9.17, 15) is 0 Å². The van der Waals surface area contributed by atoms with Gasteiger partial charge in [-0.2, -0.15) is 0 Å². The summed E-state index contributed by atoms with van der Waals surface area (Å²) in [5, 5.41) is 3.17. The first-order valence-electron chi connectivity index (χ1n) is 4.45. The molecule has 0 saturated carbocycles. The molecule has 2 heterocycles. The number of piperazine rings is 1. The Bertz CT molecular complexity index is 263. The highest BCUT2D eigenvalue weighted by atomic mass is 15.3. The first kappa shape index (κ1) is 8.44. The standard InChI is InChI=1S/C9H13N4/c1-8-6-11-9(12-7-8)13-4-2-10-3-5-13/h2,6-7,10H,3-5H2,1H3. The van der Waals surface area contributed by atoms with Gasteiger partial charge in [0.25, 0.3) is 0 Å². The van der Waals surface area contributed by atoms with Crippen LogP contribution >= 0.6 is 0 Å². The third-order valence-electron chi connectivity index (χ3n) is 2.03. The minimum absolute atomic E-state index is 0.823. The SMILES string of the molecule is Cc1cnc(N2C[CH]NCC2)nc1. The van der Waals surface area contributed by atoms with Crippen molar-refractivity contribution in [3.63, 3.8) is 0 Å². The van der Waals surface area contributed by atoms with Gasteiger partial charge in [0.2, 0.25) is 5.95 Å². The molecule has 1 aromatic heterocycles. The zero-order valence-electron chi connectivity index (χ0n) is 7.70. The third kappa shape index (κ3) is 1.95. The topological polar surface area (TPSA) is 41.1 Å². The lowest BCUT2D eigenvalue weighted by molar-refractivity contribution is 0.640. The van der Waals surface area contributed by atoms with Crippen molar-refractivity contribution in [1.82, 2.24) is 15.3 Å². The highest BCUT2D eigenvalue weighted by Crippen LogP contribution is 2.07. The van der Waals surface area contributed by atoms with Crippen LogP contribution in [-0.4, -0.2) is 29.6 Å². The zero-order chi connectivity index (χ0) is 9.10. The maximum atomic E-state index is 4.27. The fraction of sp³-hybridized carbons (Fsp3) is 0.444. The summed E-state index contributed by atoms with van der Waals surface area (Å²) < 4.78 is 0. The first-order chi connectivity index (χ1) is 6.36. The fourth-order valence-corrected chi connectivity index (χ4v) is 1.30. The average Bonchev–Trinajstić information content (AvgIpc) is 2.20. The zero-order valence-corrected chi connectivity index (χ0v) is 7.70. The van der Waals surface area contributed by atoms with Gasteiger partial charge in [0.1, 0.15) is 0 Å². The normalized spacial score (nSPS) is 17.5. The van der Waals surface area contributed by atoms with Gasteiger partial charge in [-0.3, -0.25) is 0 Å². The predicted octanol–water partition coefficient (Wildman–Crippen LogP) is 0.356. The van der Waals surface area contributed by atoms with Crippen LogP contribution in [0, 0.1) is 13.5 Å². The Morgan fingerprint density at radius 1 is 1.38 bits per heavy atom. The van der Waals surface area contributed by atoms with E-state index in [1.807, 2.05) is 25.9 Å². The van der Waals surface area contributed by atoms with E-state index in [1.165, 1.54) is 0 Å². The Morgan fingerprint density at radius 2 is 2.15 bits per heavy atom. The van der Waals surface area contributed by atoms with Crippen LogP contribution in [-0.2, 0) is 0 Å². The van der Waals surface area contributed by atoms with Gasteiger partial charge in [-0.05, 0) is 12.5 Å². The van der Waals surface area contributed by atoms with Gasteiger partial charge in [-0.15, -0.1) is 0 Å². The van der Waals surface area contributed by atoms with Crippen molar-refractivity contribution in [2.24, 2.45) is 0 Å². The van der Waals surface area contributed by atoms with E-state index in [-0.39, 0.29) is 0 Å². The minimum atomic E-state index is 0.823. The Morgan fingerprint density at radius 3 is 2.77 bits per heavy atom. The van der Waals surface area contributed by atoms with Gasteiger partial charge in [0.05, 0.1) is 0 Å². The maximum Gasteiger partial charge on any atom is 0.225 e. The number of hydrogen-bond donors (Lipinski definition) is 1. The number of nitrogens with one attached hydrogen (secondary N) is 1. The summed E-state index contributed by atoms with van der Waals surface area (Å²) in [6, 6.07) is 0. The van der Waals surface area contributed by atoms with Crippen molar-refractivity contribution < 1.29 is 0 Å². The van der Waals surface area contributed by atoms with Gasteiger partial charge >= 0.3 is 0 Å². The van der Waals surface area contributed by atoms with Crippen molar-refractivity contribution in [3.05, 3.63) is 24.5 Å². The highest BCUT2D eigenvalue weighted by Gasteiger charge is 2.11. The van der Waals surface area contributed by atoms with E-state index >= 15 is 0 Å². The van der Waals surface area contributed by atoms with Crippen LogP contribution < -0.4 is 10.2 Å². The number of anilines is 1. The summed E-state index contributed by atoms with van der Waals surface area (Å²) >= 11 is 0. The molecule has 0 bridgehead atoms. The maximum absolute atomic E-state index is 4.27. The predicted molar refractivity (Wildman–Crippen MR) is 51.3 cm³/mol. The second kappa shape index (κ2) is 3.70. The van der Waals surface area contributed by atoms with Crippen LogP contribution in [0.5, 0.6) is 0 Å². The molecule has 1 aromatic rings. The van der Waals surface area contributed by atoms with Crippen molar-refractivity contribution in [2.75, 3.05) is 24.5 Å². The Labute approximate surface area is 78.0 Å². The van der Waals surface area contributed by atoms with E-state index in [1.54, 1.807) is 0 Å². The van der Waals surface area contributed by atoms with Crippen LogP contribution in [0.25, 0.3) is 0 Å². The molecular formula is C9H13N4. The highest BCUT2D eigenvalue weighted by molar-refractivity contribution is 5.31. The molecule has 1 aliphatic rings. The van der Waals surface area contributed by atoms with Crippen molar-refractivity contribution in [3.8, 4) is 0 Å². The number of hydrogen-bond acceptors (Lipinski definition) is 4. The van der Waals surface area contributed by atoms with E-state index < -0.39 is 0 Å². The lowest BCUT2D eigenvalue weighted by Crippen LogP contribution is -2.41. The smallest absolute Gasteiger partial charge is 0.225 e. The Hall–Kier alpha value is -1.16. The van der Waals surface area contributed by atoms with Gasteiger partial charge in [-0.1, -0.05) is 0 Å². The van der Waals surface area contributed by atoms with E-state index in [0.29, 0.717) is 0 Å². The van der Waals surface area contributed by atoms with Crippen molar-refractivity contribution in [2.45, 2.75) is 6.92 Å². The fourth-order valence-electron chi connectivity index (χ4n) is 1.30. The quantitative estimate of drug-likeness (QED) is 0.672. The second-order valence-corrected chi connectivity index (χ2v) is 3.16. The largest absolute Gasteiger partial charge is 0.338 e. The third-order valence-corrected chi connectivity index (χ3v) is 2.03. The van der Waals surface area contributed by atoms with Gasteiger partial charge in [-0.25, -0.2) is 9.97 Å². The molecule has 4 nitrogen and oxygen atoms in total. The summed E-state index contributed by atoms with van der Waals surface area (Å²) in [4.78, 5) is 10.7. The first-order valence-corrected chi connectivity index (χ1v) is 4.45. The number of rotatable bonds is 1. The number of aryl methyl sites for hydroxylation is 1. The summed E-state index contributed by atoms with van der Waals surface area (Å²) in [7, 11) is 0. The molecule has 0 atom stereocenters. The lowest BCUT2D eigenvalue weighted by atomic mass is 10.4. The van der Waals surface area contributed by atoms with Crippen LogP contribution in [0.4, 0.5) is 5.95 Å². The molecule has 0 amide bonds. The molecular weight excluding hydrogens is 164 g/mol. The summed E-state index contributed by atoms with van der Waals surface area (Å²) in [6.45, 7) is 6.85. The molecule has 1 N–H and O–H groups in total. The molecule has 1 saturated heterocycles. The summed E-state index contributed by atoms with van der Waals surface area (Å²) in [5.41, 5.74) is 1.10. The van der Waals surface area contributed by atoms with Crippen LogP contribution in [0.15, 0.2) is 12.4 Å². The molecule has 13 heavy (non-hydrogen) atoms. The van der Waals surface area contributed by atoms with E-state index in [2.05, 4.69) is 20.2 Å².